The van der Waals surface area contributed by atoms with E-state index in [4.69, 9.17) is 0 Å². The molecule has 1 aromatic heterocycles. The van der Waals surface area contributed by atoms with Gasteiger partial charge in [-0.3, -0.25) is 28.8 Å². The molecule has 0 fully saturated rings. The number of carboxylic acid groups (broad SMARTS) is 1. The number of carboxylic acids is 1. The first-order valence-corrected chi connectivity index (χ1v) is 22.2. The van der Waals surface area contributed by atoms with E-state index in [1.54, 1.807) is 50.2 Å². The minimum Gasteiger partial charge on any atom is -0.480 e. The monoisotopic (exact) mass is 883 g/mol. The first-order chi connectivity index (χ1) is 30.8. The number of benzene rings is 4. The summed E-state index contributed by atoms with van der Waals surface area (Å²) in [4.78, 5) is 96.9. The van der Waals surface area contributed by atoms with E-state index in [2.05, 4.69) is 26.6 Å². The summed E-state index contributed by atoms with van der Waals surface area (Å²) in [6.45, 7) is 3.34. The summed E-state index contributed by atoms with van der Waals surface area (Å²) in [5, 5.41) is 25.7. The van der Waals surface area contributed by atoms with Crippen LogP contribution in [-0.2, 0) is 59.2 Å². The van der Waals surface area contributed by atoms with Gasteiger partial charge in [-0.15, -0.1) is 11.3 Å². The molecular formula is C50H53N5O8S. The van der Waals surface area contributed by atoms with Crippen molar-refractivity contribution in [3.05, 3.63) is 148 Å². The standard InChI is InChI=1S/C50H53N5O8S/c1-31(2)46(50(62)63)55-47(59)37-26-33-17-21-38(22-18-33)51-44(57)23-24-45(58)52-42(30-39-14-9-25-64-39)49(61)54-41(28-34-15-19-36(20-16-34)35-12-7-4-8-13-35)48(60)53-40(43(56)29-37)27-32-10-5-3-6-11-32/h3-22,25,31,37,40-42,46H,23-24,26-30H2,1-2H3,(H,51,57)(H,52,58)(H,53,60)(H,54,61)(H,55,59)(H,62,63)/t37-,40-,41+,42-,46+/m1/s1. The summed E-state index contributed by atoms with van der Waals surface area (Å²) in [6.07, 6.45) is -0.536. The Balaban J connectivity index is 1.37. The van der Waals surface area contributed by atoms with Gasteiger partial charge in [-0.1, -0.05) is 117 Å². The number of fused-ring (bicyclic) bond motifs is 18. The van der Waals surface area contributed by atoms with Gasteiger partial charge in [0.25, 0.3) is 0 Å². The summed E-state index contributed by atoms with van der Waals surface area (Å²) in [6, 6.07) is 32.0. The Labute approximate surface area is 376 Å². The molecule has 2 aliphatic heterocycles. The van der Waals surface area contributed by atoms with Crippen molar-refractivity contribution in [2.24, 2.45) is 11.8 Å². The Bertz CT molecular complexity index is 2390. The van der Waals surface area contributed by atoms with Crippen molar-refractivity contribution in [1.29, 1.82) is 0 Å². The Morgan fingerprint density at radius 2 is 1.22 bits per heavy atom. The van der Waals surface area contributed by atoms with Crippen molar-refractivity contribution < 1.29 is 38.7 Å². The quantitative estimate of drug-likeness (QED) is 0.0912. The van der Waals surface area contributed by atoms with Crippen molar-refractivity contribution in [3.63, 3.8) is 0 Å². The number of ketones is 1. The molecule has 0 saturated heterocycles. The first-order valence-electron chi connectivity index (χ1n) is 21.4. The molecule has 4 aromatic carbocycles. The summed E-state index contributed by atoms with van der Waals surface area (Å²) in [5.41, 5.74) is 4.45. The van der Waals surface area contributed by atoms with E-state index in [-0.39, 0.29) is 44.9 Å². The van der Waals surface area contributed by atoms with Crippen LogP contribution in [0.2, 0.25) is 0 Å². The normalized spacial score (nSPS) is 19.6. The fraction of sp³-hybridized carbons (Fsp3) is 0.300. The second-order valence-electron chi connectivity index (χ2n) is 16.4. The Morgan fingerprint density at radius 3 is 1.84 bits per heavy atom. The second-order valence-corrected chi connectivity index (χ2v) is 17.4. The summed E-state index contributed by atoms with van der Waals surface area (Å²) in [5.74, 6) is -6.14. The van der Waals surface area contributed by atoms with Gasteiger partial charge in [0.05, 0.1) is 6.04 Å². The zero-order valence-electron chi connectivity index (χ0n) is 35.8. The number of aliphatic carboxylic acids is 1. The Morgan fingerprint density at radius 1 is 0.641 bits per heavy atom. The number of anilines is 1. The fourth-order valence-electron chi connectivity index (χ4n) is 7.54. The minimum atomic E-state index is -1.23. The molecule has 5 amide bonds. The van der Waals surface area contributed by atoms with E-state index >= 15 is 0 Å². The SMILES string of the molecule is CC(C)[C@H](NC(=O)[C@H]1CC(=O)[C@@H](Cc2ccccc2)NC(=O)[C@H](Cc2ccc(-c3ccccc3)cc2)NC(=O)[C@@H](Cc2cccs2)NC(=O)CCC(=O)Nc2ccc(cc2)C1)C(=O)O. The highest BCUT2D eigenvalue weighted by atomic mass is 32.1. The third-order valence-corrected chi connectivity index (χ3v) is 12.0. The van der Waals surface area contributed by atoms with Gasteiger partial charge in [-0.25, -0.2) is 4.79 Å². The number of Topliss-reactive ketones (excluding diaryl/α,β-unsaturated/α-hetero) is 1. The van der Waals surface area contributed by atoms with E-state index < -0.39 is 77.3 Å². The molecule has 5 aromatic rings. The van der Waals surface area contributed by atoms with Crippen molar-refractivity contribution in [3.8, 4) is 11.1 Å². The number of amides is 5. The largest absolute Gasteiger partial charge is 0.480 e. The third kappa shape index (κ3) is 13.5. The van der Waals surface area contributed by atoms with Gasteiger partial charge in [0.1, 0.15) is 18.1 Å². The minimum absolute atomic E-state index is 0.0192. The van der Waals surface area contributed by atoms with Crippen LogP contribution >= 0.6 is 11.3 Å². The molecule has 6 N–H and O–H groups in total. The molecule has 14 heteroatoms. The second kappa shape index (κ2) is 22.4. The predicted molar refractivity (Wildman–Crippen MR) is 245 cm³/mol. The van der Waals surface area contributed by atoms with Crippen LogP contribution in [0.15, 0.2) is 127 Å². The van der Waals surface area contributed by atoms with Crippen molar-refractivity contribution >= 4 is 58.3 Å². The molecule has 0 spiro atoms. The van der Waals surface area contributed by atoms with Crippen LogP contribution in [-0.4, -0.2) is 70.6 Å². The molecule has 7 rings (SSSR count). The van der Waals surface area contributed by atoms with Gasteiger partial charge in [-0.2, -0.15) is 0 Å². The maximum absolute atomic E-state index is 14.7. The number of rotatable bonds is 11. The van der Waals surface area contributed by atoms with Gasteiger partial charge < -0.3 is 31.7 Å². The number of hydrogen-bond donors (Lipinski definition) is 6. The van der Waals surface area contributed by atoms with E-state index in [0.29, 0.717) is 16.8 Å². The number of carbonyl (C=O) groups excluding carboxylic acids is 6. The maximum Gasteiger partial charge on any atom is 0.326 e. The van der Waals surface area contributed by atoms with E-state index in [9.17, 15) is 38.7 Å². The molecular weight excluding hydrogens is 831 g/mol. The fourth-order valence-corrected chi connectivity index (χ4v) is 8.29. The van der Waals surface area contributed by atoms with Crippen molar-refractivity contribution in [1.82, 2.24) is 21.3 Å². The van der Waals surface area contributed by atoms with Crippen LogP contribution in [0.3, 0.4) is 0 Å². The number of carbonyl (C=O) groups is 7. The highest BCUT2D eigenvalue weighted by Gasteiger charge is 2.34. The lowest BCUT2D eigenvalue weighted by atomic mass is 9.88. The predicted octanol–water partition coefficient (Wildman–Crippen LogP) is 5.67. The molecule has 13 nitrogen and oxygen atoms in total. The molecule has 0 aliphatic carbocycles. The molecule has 2 aliphatic rings. The maximum atomic E-state index is 14.7. The van der Waals surface area contributed by atoms with E-state index in [1.807, 2.05) is 90.3 Å². The molecule has 0 saturated carbocycles. The zero-order chi connectivity index (χ0) is 45.6. The molecule has 3 heterocycles. The zero-order valence-corrected chi connectivity index (χ0v) is 36.6. The van der Waals surface area contributed by atoms with Crippen molar-refractivity contribution in [2.75, 3.05) is 5.32 Å². The van der Waals surface area contributed by atoms with Gasteiger partial charge in [-0.05, 0) is 70.2 Å². The van der Waals surface area contributed by atoms with Crippen LogP contribution in [0.5, 0.6) is 0 Å². The molecule has 0 unspecified atom stereocenters. The Hall–Kier alpha value is -6.93. The van der Waals surface area contributed by atoms with E-state index in [0.717, 1.165) is 21.6 Å². The number of nitrogens with one attached hydrogen (secondary N) is 5. The van der Waals surface area contributed by atoms with Gasteiger partial charge in [0.15, 0.2) is 5.78 Å². The Kier molecular flexibility index (Phi) is 16.3. The average molecular weight is 884 g/mol. The van der Waals surface area contributed by atoms with Crippen LogP contribution in [0.25, 0.3) is 11.1 Å². The highest BCUT2D eigenvalue weighted by molar-refractivity contribution is 7.09. The van der Waals surface area contributed by atoms with Crippen LogP contribution < -0.4 is 26.6 Å². The third-order valence-electron chi connectivity index (χ3n) is 11.1. The molecule has 0 radical (unpaired) electrons. The summed E-state index contributed by atoms with van der Waals surface area (Å²) in [7, 11) is 0. The molecule has 64 heavy (non-hydrogen) atoms. The smallest absolute Gasteiger partial charge is 0.326 e. The molecule has 2 bridgehead atoms. The average Bonchev–Trinajstić information content (AvgIpc) is 3.80. The van der Waals surface area contributed by atoms with E-state index in [1.165, 1.54) is 11.3 Å². The van der Waals surface area contributed by atoms with Crippen molar-refractivity contribution in [2.45, 2.75) is 83.0 Å². The molecule has 5 atom stereocenters. The van der Waals surface area contributed by atoms with Crippen LogP contribution in [0.4, 0.5) is 5.69 Å². The first kappa shape index (κ1) is 46.6. The van der Waals surface area contributed by atoms with Gasteiger partial charge in [0.2, 0.25) is 29.5 Å². The highest BCUT2D eigenvalue weighted by Crippen LogP contribution is 2.22. The number of thiophene rings is 1. The summed E-state index contributed by atoms with van der Waals surface area (Å²) >= 11 is 1.40. The summed E-state index contributed by atoms with van der Waals surface area (Å²) < 4.78 is 0. The number of hydrogen-bond acceptors (Lipinski definition) is 8. The topological polar surface area (TPSA) is 200 Å². The molecule has 332 valence electrons. The van der Waals surface area contributed by atoms with Crippen LogP contribution in [0.1, 0.15) is 54.7 Å². The lowest BCUT2D eigenvalue weighted by Crippen LogP contribution is -2.57. The lowest BCUT2D eigenvalue weighted by molar-refractivity contribution is -0.144. The van der Waals surface area contributed by atoms with Crippen LogP contribution in [0, 0.1) is 11.8 Å². The lowest BCUT2D eigenvalue weighted by Gasteiger charge is -2.27. The van der Waals surface area contributed by atoms with Gasteiger partial charge in [0, 0.05) is 48.6 Å². The van der Waals surface area contributed by atoms with Gasteiger partial charge >= 0.3 is 5.97 Å².